The zero-order valence-corrected chi connectivity index (χ0v) is 14.0. The zero-order valence-electron chi connectivity index (χ0n) is 14.0. The standard InChI is InChI=1S/C17H16N8O/c1-11-7-9-19-17-21-15(24-25(11)17)16(26)18-10-8-13-20-14(23-22-13)12-5-3-2-4-6-12/h2-7,9H,8,10H2,1H3,(H,18,26)(H,20,22,23). The first kappa shape index (κ1) is 15.9. The molecule has 0 saturated heterocycles. The number of rotatable bonds is 5. The summed E-state index contributed by atoms with van der Waals surface area (Å²) in [5, 5.41) is 14.0. The molecule has 4 aromatic rings. The van der Waals surface area contributed by atoms with E-state index in [1.165, 1.54) is 4.52 Å². The van der Waals surface area contributed by atoms with Crippen molar-refractivity contribution in [3.05, 3.63) is 59.9 Å². The van der Waals surface area contributed by atoms with Gasteiger partial charge in [0, 0.05) is 30.4 Å². The number of benzene rings is 1. The summed E-state index contributed by atoms with van der Waals surface area (Å²) in [6.45, 7) is 2.27. The minimum Gasteiger partial charge on any atom is -0.349 e. The normalized spacial score (nSPS) is 11.0. The quantitative estimate of drug-likeness (QED) is 0.560. The van der Waals surface area contributed by atoms with Crippen molar-refractivity contribution in [2.24, 2.45) is 0 Å². The second kappa shape index (κ2) is 6.71. The van der Waals surface area contributed by atoms with Crippen LogP contribution in [-0.2, 0) is 6.42 Å². The van der Waals surface area contributed by atoms with Crippen molar-refractivity contribution in [1.29, 1.82) is 0 Å². The molecule has 0 bridgehead atoms. The third-order valence-electron chi connectivity index (χ3n) is 3.84. The molecule has 0 unspecified atom stereocenters. The lowest BCUT2D eigenvalue weighted by atomic mass is 10.2. The molecular formula is C17H16N8O. The molecule has 9 heteroatoms. The highest BCUT2D eigenvalue weighted by molar-refractivity contribution is 5.90. The summed E-state index contributed by atoms with van der Waals surface area (Å²) in [6.07, 6.45) is 2.16. The van der Waals surface area contributed by atoms with E-state index in [0.29, 0.717) is 30.4 Å². The van der Waals surface area contributed by atoms with Gasteiger partial charge in [-0.1, -0.05) is 30.3 Å². The van der Waals surface area contributed by atoms with Crippen LogP contribution in [-0.4, -0.2) is 47.2 Å². The molecule has 2 N–H and O–H groups in total. The predicted molar refractivity (Wildman–Crippen MR) is 93.4 cm³/mol. The number of hydrogen-bond acceptors (Lipinski definition) is 6. The summed E-state index contributed by atoms with van der Waals surface area (Å²) in [6, 6.07) is 11.5. The lowest BCUT2D eigenvalue weighted by molar-refractivity contribution is 0.0944. The molecule has 0 aliphatic heterocycles. The number of aromatic nitrogens is 7. The van der Waals surface area contributed by atoms with E-state index >= 15 is 0 Å². The lowest BCUT2D eigenvalue weighted by Crippen LogP contribution is -2.27. The van der Waals surface area contributed by atoms with Gasteiger partial charge in [0.2, 0.25) is 5.82 Å². The van der Waals surface area contributed by atoms with Crippen molar-refractivity contribution >= 4 is 11.7 Å². The molecule has 0 aliphatic carbocycles. The highest BCUT2D eigenvalue weighted by Crippen LogP contribution is 2.13. The predicted octanol–water partition coefficient (Wildman–Crippen LogP) is 1.19. The van der Waals surface area contributed by atoms with Gasteiger partial charge >= 0.3 is 0 Å². The average molecular weight is 348 g/mol. The maximum Gasteiger partial charge on any atom is 0.291 e. The Morgan fingerprint density at radius 1 is 1.19 bits per heavy atom. The Morgan fingerprint density at radius 2 is 2.04 bits per heavy atom. The van der Waals surface area contributed by atoms with Crippen LogP contribution in [0.3, 0.4) is 0 Å². The molecule has 4 rings (SSSR count). The number of nitrogens with zero attached hydrogens (tertiary/aromatic N) is 6. The smallest absolute Gasteiger partial charge is 0.291 e. The van der Waals surface area contributed by atoms with Crippen LogP contribution in [0.1, 0.15) is 22.1 Å². The number of amides is 1. The van der Waals surface area contributed by atoms with Gasteiger partial charge in [-0.25, -0.2) is 14.5 Å². The summed E-state index contributed by atoms with van der Waals surface area (Å²) in [4.78, 5) is 24.9. The van der Waals surface area contributed by atoms with Crippen molar-refractivity contribution in [2.75, 3.05) is 6.54 Å². The molecule has 0 saturated carbocycles. The van der Waals surface area contributed by atoms with Crippen LogP contribution in [0.15, 0.2) is 42.6 Å². The van der Waals surface area contributed by atoms with Crippen molar-refractivity contribution < 1.29 is 4.79 Å². The minimum atomic E-state index is -0.349. The number of aromatic amines is 1. The van der Waals surface area contributed by atoms with Gasteiger partial charge in [0.15, 0.2) is 5.82 Å². The molecule has 1 amide bonds. The molecule has 0 atom stereocenters. The lowest BCUT2D eigenvalue weighted by Gasteiger charge is -1.99. The third kappa shape index (κ3) is 3.14. The van der Waals surface area contributed by atoms with E-state index in [9.17, 15) is 4.79 Å². The Balaban J connectivity index is 1.37. The van der Waals surface area contributed by atoms with Gasteiger partial charge < -0.3 is 5.32 Å². The first-order chi connectivity index (χ1) is 12.7. The number of fused-ring (bicyclic) bond motifs is 1. The SMILES string of the molecule is Cc1ccnc2nc(C(=O)NCCc3nc(-c4ccccc4)n[nH]3)nn12. The van der Waals surface area contributed by atoms with E-state index < -0.39 is 0 Å². The molecular weight excluding hydrogens is 332 g/mol. The molecule has 26 heavy (non-hydrogen) atoms. The second-order valence-electron chi connectivity index (χ2n) is 5.71. The monoisotopic (exact) mass is 348 g/mol. The van der Waals surface area contributed by atoms with Gasteiger partial charge in [0.25, 0.3) is 11.7 Å². The summed E-state index contributed by atoms with van der Waals surface area (Å²) in [5.74, 6) is 1.48. The van der Waals surface area contributed by atoms with E-state index in [4.69, 9.17) is 0 Å². The molecule has 130 valence electrons. The fourth-order valence-electron chi connectivity index (χ4n) is 2.50. The number of aryl methyl sites for hydroxylation is 1. The fraction of sp³-hybridized carbons (Fsp3) is 0.176. The molecule has 0 spiro atoms. The zero-order chi connectivity index (χ0) is 17.9. The first-order valence-corrected chi connectivity index (χ1v) is 8.14. The third-order valence-corrected chi connectivity index (χ3v) is 3.84. The van der Waals surface area contributed by atoms with Crippen LogP contribution in [0.25, 0.3) is 17.2 Å². The maximum absolute atomic E-state index is 12.2. The summed E-state index contributed by atoms with van der Waals surface area (Å²) >= 11 is 0. The molecule has 0 radical (unpaired) electrons. The number of H-pyrrole nitrogens is 1. The molecule has 9 nitrogen and oxygen atoms in total. The maximum atomic E-state index is 12.2. The average Bonchev–Trinajstić information content (AvgIpc) is 3.30. The largest absolute Gasteiger partial charge is 0.349 e. The summed E-state index contributed by atoms with van der Waals surface area (Å²) in [5.41, 5.74) is 1.80. The molecule has 0 fully saturated rings. The second-order valence-corrected chi connectivity index (χ2v) is 5.71. The van der Waals surface area contributed by atoms with Gasteiger partial charge in [0.05, 0.1) is 0 Å². The van der Waals surface area contributed by atoms with Gasteiger partial charge in [-0.05, 0) is 13.0 Å². The molecule has 0 aliphatic rings. The van der Waals surface area contributed by atoms with Gasteiger partial charge in [-0.3, -0.25) is 9.89 Å². The highest BCUT2D eigenvalue weighted by atomic mass is 16.2. The first-order valence-electron chi connectivity index (χ1n) is 8.14. The van der Waals surface area contributed by atoms with Gasteiger partial charge in [-0.2, -0.15) is 10.1 Å². The number of carbonyl (C=O) groups is 1. The van der Waals surface area contributed by atoms with Crippen LogP contribution < -0.4 is 5.32 Å². The van der Waals surface area contributed by atoms with Crippen LogP contribution in [0.2, 0.25) is 0 Å². The Morgan fingerprint density at radius 3 is 2.85 bits per heavy atom. The van der Waals surface area contributed by atoms with Crippen molar-refractivity contribution in [3.8, 4) is 11.4 Å². The Labute approximate surface area is 148 Å². The topological polar surface area (TPSA) is 114 Å². The fourth-order valence-corrected chi connectivity index (χ4v) is 2.50. The summed E-state index contributed by atoms with van der Waals surface area (Å²) in [7, 11) is 0. The van der Waals surface area contributed by atoms with Crippen LogP contribution >= 0.6 is 0 Å². The number of hydrogen-bond donors (Lipinski definition) is 2. The Bertz CT molecular complexity index is 1050. The molecule has 3 aromatic heterocycles. The van der Waals surface area contributed by atoms with Gasteiger partial charge in [-0.15, -0.1) is 5.10 Å². The van der Waals surface area contributed by atoms with Crippen molar-refractivity contribution in [2.45, 2.75) is 13.3 Å². The van der Waals surface area contributed by atoms with E-state index in [1.54, 1.807) is 12.3 Å². The summed E-state index contributed by atoms with van der Waals surface area (Å²) < 4.78 is 1.54. The molecule has 1 aromatic carbocycles. The number of nitrogens with one attached hydrogen (secondary N) is 2. The number of carbonyl (C=O) groups excluding carboxylic acids is 1. The van der Waals surface area contributed by atoms with Crippen LogP contribution in [0.4, 0.5) is 0 Å². The highest BCUT2D eigenvalue weighted by Gasteiger charge is 2.14. The van der Waals surface area contributed by atoms with Crippen LogP contribution in [0, 0.1) is 6.92 Å². The van der Waals surface area contributed by atoms with Crippen LogP contribution in [0.5, 0.6) is 0 Å². The Kier molecular flexibility index (Phi) is 4.10. The van der Waals surface area contributed by atoms with E-state index in [2.05, 4.69) is 35.6 Å². The Hall–Kier alpha value is -3.62. The van der Waals surface area contributed by atoms with E-state index in [-0.39, 0.29) is 11.7 Å². The van der Waals surface area contributed by atoms with E-state index in [0.717, 1.165) is 11.3 Å². The van der Waals surface area contributed by atoms with Crippen molar-refractivity contribution in [1.82, 2.24) is 40.1 Å². The van der Waals surface area contributed by atoms with E-state index in [1.807, 2.05) is 37.3 Å². The minimum absolute atomic E-state index is 0.0920. The van der Waals surface area contributed by atoms with Gasteiger partial charge in [0.1, 0.15) is 5.82 Å². The van der Waals surface area contributed by atoms with Crippen molar-refractivity contribution in [3.63, 3.8) is 0 Å². The molecule has 3 heterocycles.